The molecule has 1 aromatic heterocycles. The number of nitrogens with zero attached hydrogens (tertiary/aromatic N) is 1. The summed E-state index contributed by atoms with van der Waals surface area (Å²) >= 11 is 3.32. The first-order chi connectivity index (χ1) is 5.72. The van der Waals surface area contributed by atoms with Gasteiger partial charge in [0.1, 0.15) is 4.60 Å². The van der Waals surface area contributed by atoms with E-state index in [2.05, 4.69) is 27.8 Å². The molecule has 0 radical (unpaired) electrons. The van der Waals surface area contributed by atoms with Crippen LogP contribution in [0, 0.1) is 0 Å². The first kappa shape index (κ1) is 12.9. The second-order valence-electron chi connectivity index (χ2n) is 2.86. The number of hydrogen-bond acceptors (Lipinski definition) is 2. The lowest BCUT2D eigenvalue weighted by molar-refractivity contribution is 0.646. The van der Waals surface area contributed by atoms with Crippen molar-refractivity contribution in [1.29, 1.82) is 0 Å². The Labute approximate surface area is 93.5 Å². The second-order valence-corrected chi connectivity index (χ2v) is 3.67. The van der Waals surface area contributed by atoms with Crippen LogP contribution in [0.1, 0.15) is 18.9 Å². The molecule has 1 aromatic rings. The Morgan fingerprint density at radius 2 is 2.31 bits per heavy atom. The smallest absolute Gasteiger partial charge is 0.106 e. The monoisotopic (exact) mass is 264 g/mol. The van der Waals surface area contributed by atoms with Crippen LogP contribution in [0.2, 0.25) is 0 Å². The van der Waals surface area contributed by atoms with Crippen LogP contribution in [-0.2, 0) is 6.42 Å². The lowest BCUT2D eigenvalue weighted by Gasteiger charge is -2.07. The quantitative estimate of drug-likeness (QED) is 0.853. The van der Waals surface area contributed by atoms with E-state index in [1.165, 1.54) is 5.56 Å². The molecular weight excluding hydrogens is 251 g/mol. The number of rotatable bonds is 3. The van der Waals surface area contributed by atoms with E-state index in [0.717, 1.165) is 17.4 Å². The van der Waals surface area contributed by atoms with Crippen LogP contribution in [-0.4, -0.2) is 11.0 Å². The predicted molar refractivity (Wildman–Crippen MR) is 61.2 cm³/mol. The van der Waals surface area contributed by atoms with Crippen LogP contribution < -0.4 is 5.73 Å². The molecule has 2 N–H and O–H groups in total. The van der Waals surface area contributed by atoms with Gasteiger partial charge in [-0.05, 0) is 46.5 Å². The number of nitrogens with two attached hydrogens (primary N) is 1. The van der Waals surface area contributed by atoms with Crippen molar-refractivity contribution in [3.8, 4) is 0 Å². The molecule has 1 atom stereocenters. The van der Waals surface area contributed by atoms with E-state index >= 15 is 0 Å². The Hall–Kier alpha value is -0.120. The van der Waals surface area contributed by atoms with Crippen LogP contribution in [0.25, 0.3) is 0 Å². The minimum absolute atomic E-state index is 0. The molecule has 0 aliphatic rings. The summed E-state index contributed by atoms with van der Waals surface area (Å²) in [7, 11) is 0. The summed E-state index contributed by atoms with van der Waals surface area (Å²) in [5.41, 5.74) is 7.06. The highest BCUT2D eigenvalue weighted by molar-refractivity contribution is 9.10. The van der Waals surface area contributed by atoms with Gasteiger partial charge in [0.15, 0.2) is 0 Å². The van der Waals surface area contributed by atoms with Gasteiger partial charge in [-0.25, -0.2) is 4.98 Å². The Bertz CT molecular complexity index is 255. The largest absolute Gasteiger partial charge is 0.327 e. The summed E-state index contributed by atoms with van der Waals surface area (Å²) in [4.78, 5) is 4.05. The van der Waals surface area contributed by atoms with E-state index in [-0.39, 0.29) is 18.4 Å². The van der Waals surface area contributed by atoms with Crippen molar-refractivity contribution in [2.45, 2.75) is 25.8 Å². The molecule has 4 heteroatoms. The lowest BCUT2D eigenvalue weighted by Crippen LogP contribution is -2.21. The summed E-state index contributed by atoms with van der Waals surface area (Å²) in [5, 5.41) is 0. The van der Waals surface area contributed by atoms with Gasteiger partial charge >= 0.3 is 0 Å². The number of halogens is 2. The predicted octanol–water partition coefficient (Wildman–Crippen LogP) is 2.55. The maximum Gasteiger partial charge on any atom is 0.106 e. The van der Waals surface area contributed by atoms with Crippen molar-refractivity contribution in [2.24, 2.45) is 5.73 Å². The molecule has 1 heterocycles. The molecule has 0 spiro atoms. The maximum atomic E-state index is 5.82. The van der Waals surface area contributed by atoms with E-state index in [4.69, 9.17) is 5.73 Å². The van der Waals surface area contributed by atoms with E-state index in [0.29, 0.717) is 0 Å². The minimum Gasteiger partial charge on any atom is -0.327 e. The van der Waals surface area contributed by atoms with Gasteiger partial charge in [0, 0.05) is 12.2 Å². The third kappa shape index (κ3) is 4.60. The number of aromatic nitrogens is 1. The molecule has 0 bridgehead atoms. The van der Waals surface area contributed by atoms with Crippen LogP contribution in [0.15, 0.2) is 22.9 Å². The van der Waals surface area contributed by atoms with Crippen molar-refractivity contribution < 1.29 is 0 Å². The molecule has 0 aliphatic carbocycles. The van der Waals surface area contributed by atoms with E-state index in [9.17, 15) is 0 Å². The van der Waals surface area contributed by atoms with Gasteiger partial charge in [-0.3, -0.25) is 0 Å². The highest BCUT2D eigenvalue weighted by Gasteiger charge is 2.01. The molecule has 0 saturated carbocycles. The second kappa shape index (κ2) is 6.35. The van der Waals surface area contributed by atoms with Crippen LogP contribution in [0.3, 0.4) is 0 Å². The lowest BCUT2D eigenvalue weighted by atomic mass is 10.1. The zero-order chi connectivity index (χ0) is 8.97. The Kier molecular flexibility index (Phi) is 6.29. The topological polar surface area (TPSA) is 38.9 Å². The third-order valence-corrected chi connectivity index (χ3v) is 2.25. The zero-order valence-electron chi connectivity index (χ0n) is 7.53. The average molecular weight is 266 g/mol. The average Bonchev–Trinajstić information content (AvgIpc) is 2.04. The molecule has 2 nitrogen and oxygen atoms in total. The fraction of sp³-hybridized carbons (Fsp3) is 0.444. The third-order valence-electron chi connectivity index (χ3n) is 1.81. The van der Waals surface area contributed by atoms with Crippen molar-refractivity contribution in [2.75, 3.05) is 0 Å². The summed E-state index contributed by atoms with van der Waals surface area (Å²) in [6.45, 7) is 2.10. The standard InChI is InChI=1S/C9H13BrN2.ClH/c1-2-8(11)5-7-3-4-12-9(10)6-7;/h3-4,6,8H,2,5,11H2,1H3;1H. The fourth-order valence-corrected chi connectivity index (χ4v) is 1.43. The van der Waals surface area contributed by atoms with Gasteiger partial charge in [-0.15, -0.1) is 12.4 Å². The number of hydrogen-bond donors (Lipinski definition) is 1. The normalized spacial score (nSPS) is 11.9. The first-order valence-corrected chi connectivity index (χ1v) is 4.87. The van der Waals surface area contributed by atoms with Crippen molar-refractivity contribution in [3.05, 3.63) is 28.5 Å². The SMILES string of the molecule is CCC(N)Cc1ccnc(Br)c1.Cl. The van der Waals surface area contributed by atoms with Crippen molar-refractivity contribution in [1.82, 2.24) is 4.98 Å². The van der Waals surface area contributed by atoms with Gasteiger partial charge in [-0.2, -0.15) is 0 Å². The minimum atomic E-state index is 0. The molecule has 0 aromatic carbocycles. The summed E-state index contributed by atoms with van der Waals surface area (Å²) in [6, 6.07) is 4.27. The van der Waals surface area contributed by atoms with Crippen LogP contribution in [0.4, 0.5) is 0 Å². The fourth-order valence-electron chi connectivity index (χ4n) is 1.02. The van der Waals surface area contributed by atoms with Crippen LogP contribution in [0.5, 0.6) is 0 Å². The Morgan fingerprint density at radius 1 is 1.62 bits per heavy atom. The highest BCUT2D eigenvalue weighted by atomic mass is 79.9. The van der Waals surface area contributed by atoms with Crippen molar-refractivity contribution in [3.63, 3.8) is 0 Å². The van der Waals surface area contributed by atoms with Gasteiger partial charge in [-0.1, -0.05) is 6.92 Å². The molecule has 1 rings (SSSR count). The Morgan fingerprint density at radius 3 is 2.85 bits per heavy atom. The van der Waals surface area contributed by atoms with Crippen LogP contribution >= 0.6 is 28.3 Å². The molecule has 1 unspecified atom stereocenters. The van der Waals surface area contributed by atoms with Gasteiger partial charge < -0.3 is 5.73 Å². The van der Waals surface area contributed by atoms with E-state index in [1.54, 1.807) is 6.20 Å². The van der Waals surface area contributed by atoms with Gasteiger partial charge in [0.25, 0.3) is 0 Å². The molecule has 74 valence electrons. The molecule has 0 amide bonds. The van der Waals surface area contributed by atoms with E-state index < -0.39 is 0 Å². The van der Waals surface area contributed by atoms with E-state index in [1.807, 2.05) is 12.1 Å². The Balaban J connectivity index is 0.00000144. The zero-order valence-corrected chi connectivity index (χ0v) is 9.94. The van der Waals surface area contributed by atoms with Gasteiger partial charge in [0.05, 0.1) is 0 Å². The van der Waals surface area contributed by atoms with Crippen molar-refractivity contribution >= 4 is 28.3 Å². The molecule has 0 fully saturated rings. The van der Waals surface area contributed by atoms with Gasteiger partial charge in [0.2, 0.25) is 0 Å². The summed E-state index contributed by atoms with van der Waals surface area (Å²) in [5.74, 6) is 0. The molecule has 0 saturated heterocycles. The number of pyridine rings is 1. The highest BCUT2D eigenvalue weighted by Crippen LogP contribution is 2.10. The summed E-state index contributed by atoms with van der Waals surface area (Å²) in [6.07, 6.45) is 3.74. The summed E-state index contributed by atoms with van der Waals surface area (Å²) < 4.78 is 0.878. The molecular formula is C9H14BrClN2. The molecule has 13 heavy (non-hydrogen) atoms. The molecule has 0 aliphatic heterocycles. The maximum absolute atomic E-state index is 5.82. The first-order valence-electron chi connectivity index (χ1n) is 4.08.